The number of hydrogen-bond donors (Lipinski definition) is 0. The van der Waals surface area contributed by atoms with Crippen molar-refractivity contribution in [2.24, 2.45) is 5.41 Å². The van der Waals surface area contributed by atoms with Crippen LogP contribution in [0.3, 0.4) is 0 Å². The minimum Gasteiger partial charge on any atom is -0.497 e. The van der Waals surface area contributed by atoms with Gasteiger partial charge in [0.05, 0.1) is 25.7 Å². The van der Waals surface area contributed by atoms with E-state index >= 15 is 0 Å². The highest BCUT2D eigenvalue weighted by Crippen LogP contribution is 2.38. The number of aromatic nitrogens is 1. The Morgan fingerprint density at radius 2 is 1.89 bits per heavy atom. The second-order valence-corrected chi connectivity index (χ2v) is 7.71. The molecule has 0 bridgehead atoms. The molecule has 2 fully saturated rings. The number of hydrogen-bond acceptors (Lipinski definition) is 5. The molecule has 6 heteroatoms. The molecular formula is C22H27N3O3. The first kappa shape index (κ1) is 18.9. The number of likely N-dealkylation sites (tertiary alicyclic amines) is 1. The van der Waals surface area contributed by atoms with Crippen molar-refractivity contribution in [1.29, 1.82) is 0 Å². The van der Waals surface area contributed by atoms with Crippen molar-refractivity contribution in [3.8, 4) is 5.75 Å². The van der Waals surface area contributed by atoms with Gasteiger partial charge in [0.1, 0.15) is 5.75 Å². The maximum absolute atomic E-state index is 13.5. The molecule has 1 aromatic carbocycles. The van der Waals surface area contributed by atoms with Gasteiger partial charge in [-0.3, -0.25) is 14.7 Å². The molecule has 3 heterocycles. The van der Waals surface area contributed by atoms with E-state index in [4.69, 9.17) is 9.47 Å². The van der Waals surface area contributed by atoms with Crippen LogP contribution in [0.5, 0.6) is 5.75 Å². The van der Waals surface area contributed by atoms with Gasteiger partial charge in [-0.15, -0.1) is 0 Å². The summed E-state index contributed by atoms with van der Waals surface area (Å²) in [5, 5.41) is 0. The number of methoxy groups -OCH3 is 1. The molecule has 1 amide bonds. The Morgan fingerprint density at radius 1 is 1.14 bits per heavy atom. The number of benzene rings is 1. The second kappa shape index (κ2) is 8.29. The maximum atomic E-state index is 13.5. The molecule has 2 aliphatic heterocycles. The van der Waals surface area contributed by atoms with Crippen LogP contribution in [0, 0.1) is 5.41 Å². The molecule has 0 atom stereocenters. The van der Waals surface area contributed by atoms with Crippen LogP contribution in [0.15, 0.2) is 48.8 Å². The lowest BCUT2D eigenvalue weighted by atomic mass is 9.73. The highest BCUT2D eigenvalue weighted by Gasteiger charge is 2.50. The molecule has 0 radical (unpaired) electrons. The Balaban J connectivity index is 1.51. The summed E-state index contributed by atoms with van der Waals surface area (Å²) in [6, 6.07) is 12.1. The molecule has 0 saturated carbocycles. The standard InChI is InChI=1S/C22H27N3O3/c1-27-20-4-2-3-19(13-20)14-22(21(26)25-9-11-28-12-10-25)16-24(17-22)15-18-5-7-23-8-6-18/h2-8,13H,9-12,14-17H2,1H3. The summed E-state index contributed by atoms with van der Waals surface area (Å²) in [7, 11) is 1.67. The van der Waals surface area contributed by atoms with Crippen LogP contribution >= 0.6 is 0 Å². The van der Waals surface area contributed by atoms with Crippen LogP contribution in [-0.4, -0.2) is 67.2 Å². The molecule has 0 spiro atoms. The SMILES string of the molecule is COc1cccc(CC2(C(=O)N3CCOCC3)CN(Cc3ccncc3)C2)c1. The van der Waals surface area contributed by atoms with Crippen LogP contribution in [0.25, 0.3) is 0 Å². The predicted molar refractivity (Wildman–Crippen MR) is 106 cm³/mol. The third kappa shape index (κ3) is 4.03. The van der Waals surface area contributed by atoms with Gasteiger partial charge in [0.25, 0.3) is 0 Å². The Labute approximate surface area is 166 Å². The van der Waals surface area contributed by atoms with E-state index in [2.05, 4.69) is 16.0 Å². The molecule has 6 nitrogen and oxygen atoms in total. The van der Waals surface area contributed by atoms with E-state index in [-0.39, 0.29) is 11.3 Å². The Kier molecular flexibility index (Phi) is 5.59. The smallest absolute Gasteiger partial charge is 0.231 e. The van der Waals surface area contributed by atoms with Crippen LogP contribution in [-0.2, 0) is 22.5 Å². The fourth-order valence-corrected chi connectivity index (χ4v) is 4.27. The maximum Gasteiger partial charge on any atom is 0.231 e. The lowest BCUT2D eigenvalue weighted by molar-refractivity contribution is -0.158. The normalized spacial score (nSPS) is 19.1. The van der Waals surface area contributed by atoms with E-state index < -0.39 is 0 Å². The van der Waals surface area contributed by atoms with Crippen LogP contribution in [0.4, 0.5) is 0 Å². The van der Waals surface area contributed by atoms with Gasteiger partial charge < -0.3 is 14.4 Å². The number of carbonyl (C=O) groups is 1. The Morgan fingerprint density at radius 3 is 2.61 bits per heavy atom. The summed E-state index contributed by atoms with van der Waals surface area (Å²) in [4.78, 5) is 21.9. The van der Waals surface area contributed by atoms with Crippen LogP contribution in [0.2, 0.25) is 0 Å². The highest BCUT2D eigenvalue weighted by molar-refractivity contribution is 5.85. The van der Waals surface area contributed by atoms with Gasteiger partial charge in [0.2, 0.25) is 5.91 Å². The third-order valence-corrected chi connectivity index (χ3v) is 5.64. The topological polar surface area (TPSA) is 54.9 Å². The first-order chi connectivity index (χ1) is 13.7. The molecule has 0 aliphatic carbocycles. The molecule has 2 aliphatic rings. The number of carbonyl (C=O) groups excluding carboxylic acids is 1. The quantitative estimate of drug-likeness (QED) is 0.766. The van der Waals surface area contributed by atoms with Crippen molar-refractivity contribution in [3.63, 3.8) is 0 Å². The van der Waals surface area contributed by atoms with Gasteiger partial charge in [-0.25, -0.2) is 0 Å². The summed E-state index contributed by atoms with van der Waals surface area (Å²) in [6.07, 6.45) is 4.36. The minimum absolute atomic E-state index is 0.254. The Hall–Kier alpha value is -2.44. The van der Waals surface area contributed by atoms with Gasteiger partial charge in [-0.1, -0.05) is 12.1 Å². The lowest BCUT2D eigenvalue weighted by Crippen LogP contribution is -2.65. The van der Waals surface area contributed by atoms with Gasteiger partial charge in [-0.2, -0.15) is 0 Å². The first-order valence-corrected chi connectivity index (χ1v) is 9.80. The van der Waals surface area contributed by atoms with E-state index in [1.807, 2.05) is 47.6 Å². The number of amides is 1. The Bertz CT molecular complexity index is 800. The third-order valence-electron chi connectivity index (χ3n) is 5.64. The number of morpholine rings is 1. The number of rotatable bonds is 6. The molecular weight excluding hydrogens is 354 g/mol. The van der Waals surface area contributed by atoms with E-state index in [1.165, 1.54) is 5.56 Å². The fraction of sp³-hybridized carbons (Fsp3) is 0.455. The van der Waals surface area contributed by atoms with E-state index in [0.29, 0.717) is 26.3 Å². The number of nitrogens with zero attached hydrogens (tertiary/aromatic N) is 3. The molecule has 148 valence electrons. The molecule has 0 unspecified atom stereocenters. The summed E-state index contributed by atoms with van der Waals surface area (Å²) in [5.41, 5.74) is 1.99. The van der Waals surface area contributed by atoms with Gasteiger partial charge in [-0.05, 0) is 41.8 Å². The predicted octanol–water partition coefficient (Wildman–Crippen LogP) is 1.99. The van der Waals surface area contributed by atoms with Gasteiger partial charge in [0.15, 0.2) is 0 Å². The average molecular weight is 381 g/mol. The van der Waals surface area contributed by atoms with Crippen molar-refractivity contribution in [3.05, 3.63) is 59.9 Å². The van der Waals surface area contributed by atoms with Crippen molar-refractivity contribution in [2.45, 2.75) is 13.0 Å². The van der Waals surface area contributed by atoms with Crippen LogP contribution < -0.4 is 4.74 Å². The lowest BCUT2D eigenvalue weighted by Gasteiger charge is -2.51. The van der Waals surface area contributed by atoms with Crippen molar-refractivity contribution in [2.75, 3.05) is 46.5 Å². The number of pyridine rings is 1. The number of ether oxygens (including phenoxy) is 2. The first-order valence-electron chi connectivity index (χ1n) is 9.80. The monoisotopic (exact) mass is 381 g/mol. The molecule has 2 saturated heterocycles. The summed E-state index contributed by atoms with van der Waals surface area (Å²) < 4.78 is 10.8. The molecule has 4 rings (SSSR count). The van der Waals surface area contributed by atoms with Crippen LogP contribution in [0.1, 0.15) is 11.1 Å². The summed E-state index contributed by atoms with van der Waals surface area (Å²) in [5.74, 6) is 1.09. The molecule has 28 heavy (non-hydrogen) atoms. The molecule has 2 aromatic rings. The van der Waals surface area contributed by atoms with Crippen molar-refractivity contribution < 1.29 is 14.3 Å². The van der Waals surface area contributed by atoms with Crippen molar-refractivity contribution >= 4 is 5.91 Å². The zero-order chi connectivity index (χ0) is 19.4. The molecule has 1 aromatic heterocycles. The van der Waals surface area contributed by atoms with E-state index in [9.17, 15) is 4.79 Å². The van der Waals surface area contributed by atoms with Gasteiger partial charge >= 0.3 is 0 Å². The zero-order valence-corrected chi connectivity index (χ0v) is 16.3. The van der Waals surface area contributed by atoms with E-state index in [0.717, 1.165) is 37.4 Å². The van der Waals surface area contributed by atoms with E-state index in [1.54, 1.807) is 7.11 Å². The summed E-state index contributed by atoms with van der Waals surface area (Å²) in [6.45, 7) is 5.00. The largest absolute Gasteiger partial charge is 0.497 e. The second-order valence-electron chi connectivity index (χ2n) is 7.71. The molecule has 0 N–H and O–H groups in total. The summed E-state index contributed by atoms with van der Waals surface area (Å²) >= 11 is 0. The van der Waals surface area contributed by atoms with Gasteiger partial charge in [0, 0.05) is 45.1 Å². The highest BCUT2D eigenvalue weighted by atomic mass is 16.5. The fourth-order valence-electron chi connectivity index (χ4n) is 4.27. The average Bonchev–Trinajstić information content (AvgIpc) is 2.73. The minimum atomic E-state index is -0.378. The zero-order valence-electron chi connectivity index (χ0n) is 16.3. The van der Waals surface area contributed by atoms with Crippen molar-refractivity contribution in [1.82, 2.24) is 14.8 Å².